The predicted molar refractivity (Wildman–Crippen MR) is 191 cm³/mol. The molecule has 0 aliphatic rings. The van der Waals surface area contributed by atoms with Gasteiger partial charge in [-0.25, -0.2) is 33.7 Å². The summed E-state index contributed by atoms with van der Waals surface area (Å²) in [7, 11) is -15.5. The molecule has 49 heavy (non-hydrogen) atoms. The summed E-state index contributed by atoms with van der Waals surface area (Å²) in [4.78, 5) is 25.8. The molecule has 2 aromatic rings. The zero-order chi connectivity index (χ0) is 38.3. The minimum absolute atomic E-state index is 0.0247. The number of aryl methyl sites for hydroxylation is 2. The number of rotatable bonds is 14. The number of halogens is 1. The van der Waals surface area contributed by atoms with E-state index in [2.05, 4.69) is 4.99 Å². The molecule has 2 rings (SSSR count). The van der Waals surface area contributed by atoms with Crippen LogP contribution in [0.25, 0.3) is 0 Å². The Morgan fingerprint density at radius 1 is 0.653 bits per heavy atom. The van der Waals surface area contributed by atoms with Crippen LogP contribution in [-0.2, 0) is 52.2 Å². The predicted octanol–water partition coefficient (Wildman–Crippen LogP) is 4.02. The molecule has 18 heteroatoms. The Morgan fingerprint density at radius 3 is 1.29 bits per heavy atom. The standard InChI is InChI=1S/C16H25N3O5S2.C15H21ClO5S2/c1-5-7-10(3)26(23,24)14-8-11(6-2)12(15(20)19-16(17)18)9-13(14)25(4,21)22;1-5-7-10(3)23(20,21)14-8-11(6-2)12(15(16)17)9-13(14)22(4,18)19/h8-10H,5-7H2,1-4H3,(H4,17,18,19,20);8-10H,5-7H2,1-4H3. The van der Waals surface area contributed by atoms with Crippen LogP contribution >= 0.6 is 11.6 Å². The monoisotopic (exact) mass is 783 g/mol. The van der Waals surface area contributed by atoms with Crippen molar-refractivity contribution in [1.29, 1.82) is 0 Å². The molecule has 0 spiro atoms. The Balaban J connectivity index is 0.000000494. The highest BCUT2D eigenvalue weighted by molar-refractivity contribution is 7.95. The number of aliphatic imine (C=N–C) groups is 1. The van der Waals surface area contributed by atoms with Gasteiger partial charge in [0.1, 0.15) is 0 Å². The van der Waals surface area contributed by atoms with E-state index in [1.807, 2.05) is 13.8 Å². The summed E-state index contributed by atoms with van der Waals surface area (Å²) in [6.45, 7) is 10.2. The molecule has 0 bridgehead atoms. The van der Waals surface area contributed by atoms with Gasteiger partial charge >= 0.3 is 0 Å². The van der Waals surface area contributed by atoms with Gasteiger partial charge in [-0.05, 0) is 86.5 Å². The van der Waals surface area contributed by atoms with Crippen molar-refractivity contribution in [2.45, 2.75) is 110 Å². The quantitative estimate of drug-likeness (QED) is 0.157. The van der Waals surface area contributed by atoms with Crippen LogP contribution in [-0.4, -0.2) is 73.8 Å². The first-order chi connectivity index (χ1) is 22.3. The van der Waals surface area contributed by atoms with Gasteiger partial charge in [-0.1, -0.05) is 40.5 Å². The molecule has 0 aromatic heterocycles. The van der Waals surface area contributed by atoms with E-state index in [1.54, 1.807) is 20.8 Å². The first-order valence-electron chi connectivity index (χ1n) is 15.4. The summed E-state index contributed by atoms with van der Waals surface area (Å²) in [6, 6.07) is 4.64. The molecule has 2 aromatic carbocycles. The van der Waals surface area contributed by atoms with Crippen LogP contribution in [0, 0.1) is 0 Å². The Hall–Kier alpha value is -2.86. The van der Waals surface area contributed by atoms with Gasteiger partial charge in [0.2, 0.25) is 0 Å². The van der Waals surface area contributed by atoms with Gasteiger partial charge in [-0.3, -0.25) is 9.59 Å². The minimum atomic E-state index is -3.92. The maximum atomic E-state index is 12.9. The second kappa shape index (κ2) is 17.4. The maximum absolute atomic E-state index is 12.9. The third kappa shape index (κ3) is 11.1. The van der Waals surface area contributed by atoms with Crippen molar-refractivity contribution in [3.05, 3.63) is 46.5 Å². The second-order valence-corrected chi connectivity index (χ2v) is 20.5. The van der Waals surface area contributed by atoms with E-state index in [-0.39, 0.29) is 25.8 Å². The average Bonchev–Trinajstić information content (AvgIpc) is 2.98. The number of amides is 1. The second-order valence-electron chi connectivity index (χ2n) is 11.6. The van der Waals surface area contributed by atoms with E-state index in [1.165, 1.54) is 19.1 Å². The van der Waals surface area contributed by atoms with E-state index in [0.717, 1.165) is 24.6 Å². The zero-order valence-corrected chi connectivity index (χ0v) is 32.9. The number of hydrogen-bond donors (Lipinski definition) is 2. The van der Waals surface area contributed by atoms with E-state index < -0.39 is 71.9 Å². The van der Waals surface area contributed by atoms with Gasteiger partial charge in [-0.2, -0.15) is 4.99 Å². The lowest BCUT2D eigenvalue weighted by atomic mass is 10.0. The van der Waals surface area contributed by atoms with Gasteiger partial charge in [0.05, 0.1) is 30.1 Å². The van der Waals surface area contributed by atoms with Gasteiger partial charge < -0.3 is 11.5 Å². The van der Waals surface area contributed by atoms with Crippen molar-refractivity contribution in [3.63, 3.8) is 0 Å². The fraction of sp³-hybridized carbons (Fsp3) is 0.516. The Morgan fingerprint density at radius 2 is 1.00 bits per heavy atom. The number of nitrogens with zero attached hydrogens (tertiary/aromatic N) is 1. The molecule has 2 atom stereocenters. The van der Waals surface area contributed by atoms with Crippen LogP contribution in [0.2, 0.25) is 0 Å². The lowest BCUT2D eigenvalue weighted by Crippen LogP contribution is -2.25. The maximum Gasteiger partial charge on any atom is 0.280 e. The first kappa shape index (κ1) is 44.2. The highest BCUT2D eigenvalue weighted by Gasteiger charge is 2.32. The lowest BCUT2D eigenvalue weighted by molar-refractivity contribution is 0.100. The summed E-state index contributed by atoms with van der Waals surface area (Å²) in [5, 5.41) is -2.27. The Kier molecular flexibility index (Phi) is 15.7. The zero-order valence-electron chi connectivity index (χ0n) is 28.9. The molecule has 276 valence electrons. The number of carbonyl (C=O) groups is 2. The minimum Gasteiger partial charge on any atom is -0.370 e. The molecule has 0 aliphatic carbocycles. The van der Waals surface area contributed by atoms with Crippen LogP contribution < -0.4 is 11.5 Å². The van der Waals surface area contributed by atoms with Gasteiger partial charge in [0.15, 0.2) is 45.3 Å². The molecule has 0 radical (unpaired) electrons. The van der Waals surface area contributed by atoms with Crippen molar-refractivity contribution in [2.24, 2.45) is 16.5 Å². The molecule has 2 unspecified atom stereocenters. The fourth-order valence-electron chi connectivity index (χ4n) is 4.93. The summed E-state index contributed by atoms with van der Waals surface area (Å²) in [5.41, 5.74) is 11.2. The van der Waals surface area contributed by atoms with Gasteiger partial charge in [0.25, 0.3) is 11.1 Å². The molecule has 0 fully saturated rings. The van der Waals surface area contributed by atoms with Crippen LogP contribution in [0.4, 0.5) is 0 Å². The highest BCUT2D eigenvalue weighted by Crippen LogP contribution is 2.32. The lowest BCUT2D eigenvalue weighted by Gasteiger charge is -2.17. The first-order valence-corrected chi connectivity index (χ1v) is 22.6. The average molecular weight is 784 g/mol. The molecule has 13 nitrogen and oxygen atoms in total. The van der Waals surface area contributed by atoms with Crippen molar-refractivity contribution < 1.29 is 43.3 Å². The van der Waals surface area contributed by atoms with Gasteiger partial charge in [0, 0.05) is 23.6 Å². The molecule has 1 amide bonds. The number of carbonyl (C=O) groups excluding carboxylic acids is 2. The number of hydrogen-bond acceptors (Lipinski definition) is 10. The van der Waals surface area contributed by atoms with Gasteiger partial charge in [-0.15, -0.1) is 0 Å². The number of nitrogens with two attached hydrogens (primary N) is 2. The summed E-state index contributed by atoms with van der Waals surface area (Å²) >= 11 is 5.50. The number of benzene rings is 2. The van der Waals surface area contributed by atoms with Crippen LogP contribution in [0.3, 0.4) is 0 Å². The van der Waals surface area contributed by atoms with Crippen LogP contribution in [0.1, 0.15) is 99.1 Å². The smallest absolute Gasteiger partial charge is 0.280 e. The van der Waals surface area contributed by atoms with Crippen LogP contribution in [0.5, 0.6) is 0 Å². The summed E-state index contributed by atoms with van der Waals surface area (Å²) in [5.74, 6) is -1.29. The molecule has 0 heterocycles. The van der Waals surface area contributed by atoms with Crippen molar-refractivity contribution in [2.75, 3.05) is 12.5 Å². The van der Waals surface area contributed by atoms with Crippen molar-refractivity contribution in [3.8, 4) is 0 Å². The van der Waals surface area contributed by atoms with Crippen molar-refractivity contribution in [1.82, 2.24) is 0 Å². The van der Waals surface area contributed by atoms with E-state index in [4.69, 9.17) is 23.1 Å². The number of guanidine groups is 1. The molecule has 0 saturated heterocycles. The normalized spacial score (nSPS) is 13.5. The van der Waals surface area contributed by atoms with E-state index in [9.17, 15) is 43.3 Å². The topological polar surface area (TPSA) is 235 Å². The van der Waals surface area contributed by atoms with E-state index in [0.29, 0.717) is 49.7 Å². The largest absolute Gasteiger partial charge is 0.370 e. The fourth-order valence-corrected chi connectivity index (χ4v) is 11.5. The molecule has 0 aliphatic heterocycles. The molecule has 4 N–H and O–H groups in total. The Bertz CT molecular complexity index is 2040. The van der Waals surface area contributed by atoms with Crippen molar-refractivity contribution >= 4 is 68.1 Å². The highest BCUT2D eigenvalue weighted by atomic mass is 35.5. The summed E-state index contributed by atoms with van der Waals surface area (Å²) in [6.07, 6.45) is 4.58. The SMILES string of the molecule is CCCC(C)S(=O)(=O)c1cc(CC)c(C(=O)Cl)cc1S(C)(=O)=O.CCCC(C)S(=O)(=O)c1cc(CC)c(C(=O)N=C(N)N)cc1S(C)(=O)=O. The van der Waals surface area contributed by atoms with E-state index >= 15 is 0 Å². The molecule has 0 saturated carbocycles. The molecular formula is C31H46ClN3O10S4. The Labute approximate surface area is 295 Å². The van der Waals surface area contributed by atoms with Crippen LogP contribution in [0.15, 0.2) is 48.8 Å². The molecular weight excluding hydrogens is 738 g/mol. The summed E-state index contributed by atoms with van der Waals surface area (Å²) < 4.78 is 99.8. The third-order valence-corrected chi connectivity index (χ3v) is 14.9. The number of sulfone groups is 4. The third-order valence-electron chi connectivity index (χ3n) is 7.64.